The zero-order valence-corrected chi connectivity index (χ0v) is 18.9. The van der Waals surface area contributed by atoms with E-state index in [1.54, 1.807) is 24.4 Å². The number of carbonyl (C=O) groups excluding carboxylic acids is 2. The number of anilines is 1. The van der Waals surface area contributed by atoms with Crippen LogP contribution in [0.4, 0.5) is 15.0 Å². The summed E-state index contributed by atoms with van der Waals surface area (Å²) in [6, 6.07) is 10.8. The summed E-state index contributed by atoms with van der Waals surface area (Å²) < 4.78 is 20.2. The van der Waals surface area contributed by atoms with E-state index in [9.17, 15) is 18.8 Å². The van der Waals surface area contributed by atoms with Crippen LogP contribution >= 0.6 is 11.8 Å². The lowest BCUT2D eigenvalue weighted by Gasteiger charge is -2.14. The Morgan fingerprint density at radius 1 is 1.18 bits per heavy atom. The molecule has 0 bridgehead atoms. The predicted molar refractivity (Wildman–Crippen MR) is 127 cm³/mol. The monoisotopic (exact) mass is 480 g/mol. The number of fused-ring (bicyclic) bond motifs is 1. The number of imide groups is 1. The van der Waals surface area contributed by atoms with Crippen molar-refractivity contribution >= 4 is 40.4 Å². The first kappa shape index (κ1) is 22.3. The lowest BCUT2D eigenvalue weighted by Crippen LogP contribution is -2.27. The molecule has 174 valence electrons. The Bertz CT molecular complexity index is 1350. The zero-order valence-electron chi connectivity index (χ0n) is 18.1. The summed E-state index contributed by atoms with van der Waals surface area (Å²) in [6.45, 7) is 1.19. The van der Waals surface area contributed by atoms with Crippen molar-refractivity contribution < 1.29 is 18.7 Å². The van der Waals surface area contributed by atoms with Gasteiger partial charge in [-0.3, -0.25) is 23.7 Å². The van der Waals surface area contributed by atoms with Gasteiger partial charge in [0.05, 0.1) is 23.1 Å². The van der Waals surface area contributed by atoms with Gasteiger partial charge in [0.1, 0.15) is 17.3 Å². The number of rotatable bonds is 6. The zero-order chi connectivity index (χ0) is 23.7. The maximum absolute atomic E-state index is 13.3. The predicted octanol–water partition coefficient (Wildman–Crippen LogP) is 3.66. The van der Waals surface area contributed by atoms with Crippen LogP contribution < -0.4 is 10.9 Å². The second-order valence-corrected chi connectivity index (χ2v) is 9.01. The molecule has 1 atom stereocenters. The molecule has 5 rings (SSSR count). The molecule has 4 heterocycles. The van der Waals surface area contributed by atoms with Crippen LogP contribution in [0.2, 0.25) is 0 Å². The quantitative estimate of drug-likeness (QED) is 0.538. The van der Waals surface area contributed by atoms with E-state index in [1.165, 1.54) is 34.7 Å². The van der Waals surface area contributed by atoms with Gasteiger partial charge in [0, 0.05) is 19.3 Å². The number of benzene rings is 1. The van der Waals surface area contributed by atoms with Gasteiger partial charge in [-0.05, 0) is 60.5 Å². The molecule has 3 aromatic rings. The Morgan fingerprint density at radius 2 is 2.00 bits per heavy atom. The Hall–Kier alpha value is -3.50. The fraction of sp³-hybridized carbons (Fsp3) is 0.250. The smallest absolute Gasteiger partial charge is 0.293 e. The molecular formula is C24H21FN4O4S. The van der Waals surface area contributed by atoms with E-state index in [1.807, 2.05) is 0 Å². The molecule has 2 fully saturated rings. The summed E-state index contributed by atoms with van der Waals surface area (Å²) in [4.78, 5) is 44.6. The Morgan fingerprint density at radius 3 is 2.76 bits per heavy atom. The third-order valence-corrected chi connectivity index (χ3v) is 6.60. The molecule has 2 saturated heterocycles. The minimum atomic E-state index is -0.512. The van der Waals surface area contributed by atoms with Gasteiger partial charge in [-0.15, -0.1) is 0 Å². The number of halogens is 1. The first-order valence-corrected chi connectivity index (χ1v) is 11.7. The Balaban J connectivity index is 1.48. The largest absolute Gasteiger partial charge is 0.376 e. The van der Waals surface area contributed by atoms with E-state index in [0.29, 0.717) is 30.2 Å². The highest BCUT2D eigenvalue weighted by molar-refractivity contribution is 8.18. The van der Waals surface area contributed by atoms with Crippen LogP contribution in [0, 0.1) is 5.82 Å². The lowest BCUT2D eigenvalue weighted by molar-refractivity contribution is -0.123. The summed E-state index contributed by atoms with van der Waals surface area (Å²) in [5.41, 5.74) is 0.917. The van der Waals surface area contributed by atoms with E-state index in [4.69, 9.17) is 4.74 Å². The van der Waals surface area contributed by atoms with Crippen LogP contribution in [0.25, 0.3) is 11.7 Å². The van der Waals surface area contributed by atoms with E-state index >= 15 is 0 Å². The summed E-state index contributed by atoms with van der Waals surface area (Å²) in [5.74, 6) is -0.580. The van der Waals surface area contributed by atoms with Crippen LogP contribution in [-0.4, -0.2) is 44.7 Å². The van der Waals surface area contributed by atoms with E-state index < -0.39 is 17.0 Å². The second kappa shape index (κ2) is 9.40. The third kappa shape index (κ3) is 4.46. The van der Waals surface area contributed by atoms with Gasteiger partial charge in [0.2, 0.25) is 0 Å². The number of pyridine rings is 1. The van der Waals surface area contributed by atoms with Crippen molar-refractivity contribution in [3.63, 3.8) is 0 Å². The fourth-order valence-electron chi connectivity index (χ4n) is 3.92. The molecule has 0 aliphatic carbocycles. The Kier molecular flexibility index (Phi) is 6.16. The molecule has 2 aliphatic heterocycles. The van der Waals surface area contributed by atoms with Gasteiger partial charge in [-0.1, -0.05) is 18.2 Å². The van der Waals surface area contributed by atoms with Crippen molar-refractivity contribution in [2.75, 3.05) is 18.5 Å². The number of ether oxygens (including phenoxy) is 1. The molecule has 0 saturated carbocycles. The molecule has 34 heavy (non-hydrogen) atoms. The fourth-order valence-corrected chi connectivity index (χ4v) is 4.74. The molecule has 2 amide bonds. The first-order valence-electron chi connectivity index (χ1n) is 10.9. The van der Waals surface area contributed by atoms with E-state index in [2.05, 4.69) is 10.3 Å². The van der Waals surface area contributed by atoms with Crippen molar-refractivity contribution in [1.82, 2.24) is 14.3 Å². The van der Waals surface area contributed by atoms with E-state index in [-0.39, 0.29) is 28.7 Å². The van der Waals surface area contributed by atoms with Crippen LogP contribution in [0.3, 0.4) is 0 Å². The molecule has 1 N–H and O–H groups in total. The number of aromatic nitrogens is 2. The highest BCUT2D eigenvalue weighted by atomic mass is 32.2. The number of amides is 2. The highest BCUT2D eigenvalue weighted by Gasteiger charge is 2.35. The number of nitrogens with zero attached hydrogens (tertiary/aromatic N) is 3. The van der Waals surface area contributed by atoms with Crippen molar-refractivity contribution in [2.24, 2.45) is 0 Å². The van der Waals surface area contributed by atoms with Crippen molar-refractivity contribution in [3.05, 3.63) is 80.9 Å². The summed E-state index contributed by atoms with van der Waals surface area (Å²) in [5, 5.41) is 2.74. The molecule has 1 aromatic carbocycles. The molecule has 2 aliphatic rings. The SMILES string of the molecule is O=C1S/C(=C/c2c(NC[C@H]3CCCO3)nc3ccccn3c2=O)C(=O)N1Cc1ccc(F)cc1. The number of carbonyl (C=O) groups is 2. The van der Waals surface area contributed by atoms with Crippen molar-refractivity contribution in [3.8, 4) is 0 Å². The summed E-state index contributed by atoms with van der Waals surface area (Å²) in [7, 11) is 0. The average Bonchev–Trinajstić information content (AvgIpc) is 3.45. The number of nitrogens with one attached hydrogen (secondary N) is 1. The van der Waals surface area contributed by atoms with Gasteiger partial charge in [0.15, 0.2) is 0 Å². The van der Waals surface area contributed by atoms with Crippen LogP contribution in [0.1, 0.15) is 24.0 Å². The molecule has 0 radical (unpaired) electrons. The first-order chi connectivity index (χ1) is 16.5. The maximum atomic E-state index is 13.3. The summed E-state index contributed by atoms with van der Waals surface area (Å²) in [6.07, 6.45) is 4.94. The highest BCUT2D eigenvalue weighted by Crippen LogP contribution is 2.33. The van der Waals surface area contributed by atoms with Crippen molar-refractivity contribution in [2.45, 2.75) is 25.5 Å². The van der Waals surface area contributed by atoms with Crippen LogP contribution in [0.5, 0.6) is 0 Å². The summed E-state index contributed by atoms with van der Waals surface area (Å²) >= 11 is 0.761. The minimum absolute atomic E-state index is 0.0152. The molecular weight excluding hydrogens is 459 g/mol. The second-order valence-electron chi connectivity index (χ2n) is 8.02. The van der Waals surface area contributed by atoms with Crippen LogP contribution in [0.15, 0.2) is 58.4 Å². The molecule has 2 aromatic heterocycles. The maximum Gasteiger partial charge on any atom is 0.293 e. The van der Waals surface area contributed by atoms with Gasteiger partial charge >= 0.3 is 0 Å². The molecule has 8 nitrogen and oxygen atoms in total. The standard InChI is InChI=1S/C24H21FN4O4S/c25-16-8-6-15(7-9-16)14-29-23(31)19(34-24(29)32)12-18-21(26-13-17-4-3-11-33-17)27-20-5-1-2-10-28(20)22(18)30/h1-2,5-10,12,17,26H,3-4,11,13-14H2/b19-12+/t17-/m1/s1. The number of hydrogen-bond acceptors (Lipinski definition) is 7. The molecule has 0 spiro atoms. The van der Waals surface area contributed by atoms with Gasteiger partial charge in [-0.2, -0.15) is 0 Å². The minimum Gasteiger partial charge on any atom is -0.376 e. The van der Waals surface area contributed by atoms with Gasteiger partial charge < -0.3 is 10.1 Å². The third-order valence-electron chi connectivity index (χ3n) is 5.69. The van der Waals surface area contributed by atoms with Gasteiger partial charge in [0.25, 0.3) is 16.7 Å². The number of thioether (sulfide) groups is 1. The average molecular weight is 481 g/mol. The van der Waals surface area contributed by atoms with E-state index in [0.717, 1.165) is 29.5 Å². The molecule has 0 unspecified atom stereocenters. The van der Waals surface area contributed by atoms with Crippen LogP contribution in [-0.2, 0) is 16.1 Å². The topological polar surface area (TPSA) is 93.0 Å². The van der Waals surface area contributed by atoms with Crippen molar-refractivity contribution in [1.29, 1.82) is 0 Å². The normalized spacial score (nSPS) is 19.5. The van der Waals surface area contributed by atoms with Gasteiger partial charge in [-0.25, -0.2) is 9.37 Å². The lowest BCUT2D eigenvalue weighted by atomic mass is 10.2. The Labute approximate surface area is 198 Å². The number of hydrogen-bond donors (Lipinski definition) is 1. The molecule has 10 heteroatoms.